The monoisotopic (exact) mass is 250 g/mol. The number of nitrogens with zero attached hydrogens (tertiary/aromatic N) is 1. The Morgan fingerprint density at radius 2 is 2.39 bits per heavy atom. The second-order valence-electron chi connectivity index (χ2n) is 5.01. The van der Waals surface area contributed by atoms with E-state index in [1.807, 2.05) is 31.2 Å². The highest BCUT2D eigenvalue weighted by atomic mass is 16.5. The second kappa shape index (κ2) is 6.07. The molecule has 1 aromatic rings. The van der Waals surface area contributed by atoms with Gasteiger partial charge in [-0.05, 0) is 37.9 Å². The molecule has 2 atom stereocenters. The quantitative estimate of drug-likeness (QED) is 0.775. The molecule has 0 bridgehead atoms. The molecule has 0 saturated carbocycles. The van der Waals surface area contributed by atoms with Crippen LogP contribution in [0.15, 0.2) is 24.3 Å². The first-order valence-corrected chi connectivity index (χ1v) is 6.54. The average molecular weight is 250 g/mol. The normalized spacial score (nSPS) is 22.0. The Bertz CT molecular complexity index is 382. The minimum Gasteiger partial charge on any atom is -0.492 e. The number of nitrogen functional groups attached to an aromatic ring is 1. The fraction of sp³-hybridized carbons (Fsp3) is 0.571. The number of ether oxygens (including phenoxy) is 1. The summed E-state index contributed by atoms with van der Waals surface area (Å²) in [6.45, 7) is 5.46. The lowest BCUT2D eigenvalue weighted by molar-refractivity contribution is 0.125. The molecule has 4 heteroatoms. The minimum absolute atomic E-state index is 0.204. The average Bonchev–Trinajstić information content (AvgIpc) is 2.78. The fourth-order valence-corrected chi connectivity index (χ4v) is 2.36. The van der Waals surface area contributed by atoms with Gasteiger partial charge in [0.2, 0.25) is 0 Å². The standard InChI is InChI=1S/C14H22N2O2/c1-11(17)12-5-6-16(10-12)7-8-18-14-4-2-3-13(15)9-14/h2-4,9,11-12,17H,5-8,10,15H2,1H3. The van der Waals surface area contributed by atoms with E-state index in [9.17, 15) is 5.11 Å². The lowest BCUT2D eigenvalue weighted by Gasteiger charge is -2.17. The van der Waals surface area contributed by atoms with Crippen LogP contribution in [-0.2, 0) is 0 Å². The maximum absolute atomic E-state index is 9.53. The molecular weight excluding hydrogens is 228 g/mol. The van der Waals surface area contributed by atoms with Gasteiger partial charge in [-0.3, -0.25) is 4.90 Å². The van der Waals surface area contributed by atoms with Crippen molar-refractivity contribution < 1.29 is 9.84 Å². The van der Waals surface area contributed by atoms with Crippen molar-refractivity contribution in [2.24, 2.45) is 5.92 Å². The van der Waals surface area contributed by atoms with E-state index in [0.717, 1.165) is 37.5 Å². The van der Waals surface area contributed by atoms with Crippen molar-refractivity contribution in [3.63, 3.8) is 0 Å². The molecule has 1 aliphatic heterocycles. The number of anilines is 1. The summed E-state index contributed by atoms with van der Waals surface area (Å²) < 4.78 is 5.66. The third-order valence-corrected chi connectivity index (χ3v) is 3.53. The third kappa shape index (κ3) is 3.62. The molecule has 100 valence electrons. The summed E-state index contributed by atoms with van der Waals surface area (Å²) in [5, 5.41) is 9.53. The van der Waals surface area contributed by atoms with Gasteiger partial charge in [-0.15, -0.1) is 0 Å². The summed E-state index contributed by atoms with van der Waals surface area (Å²) >= 11 is 0. The van der Waals surface area contributed by atoms with Crippen LogP contribution in [0.5, 0.6) is 5.75 Å². The van der Waals surface area contributed by atoms with Gasteiger partial charge >= 0.3 is 0 Å². The summed E-state index contributed by atoms with van der Waals surface area (Å²) in [4.78, 5) is 2.34. The van der Waals surface area contributed by atoms with Crippen molar-refractivity contribution in [3.05, 3.63) is 24.3 Å². The van der Waals surface area contributed by atoms with Gasteiger partial charge in [-0.1, -0.05) is 6.07 Å². The number of benzene rings is 1. The minimum atomic E-state index is -0.204. The molecular formula is C14H22N2O2. The molecule has 0 radical (unpaired) electrons. The van der Waals surface area contributed by atoms with Gasteiger partial charge < -0.3 is 15.6 Å². The van der Waals surface area contributed by atoms with Gasteiger partial charge in [0.15, 0.2) is 0 Å². The van der Waals surface area contributed by atoms with Gasteiger partial charge in [0, 0.05) is 24.8 Å². The van der Waals surface area contributed by atoms with Crippen molar-refractivity contribution >= 4 is 5.69 Å². The van der Waals surface area contributed by atoms with Crippen LogP contribution in [0.4, 0.5) is 5.69 Å². The first-order valence-electron chi connectivity index (χ1n) is 6.54. The number of aliphatic hydroxyl groups is 1. The molecule has 2 rings (SSSR count). The number of likely N-dealkylation sites (tertiary alicyclic amines) is 1. The molecule has 18 heavy (non-hydrogen) atoms. The smallest absolute Gasteiger partial charge is 0.121 e. The molecule has 1 heterocycles. The molecule has 2 unspecified atom stereocenters. The van der Waals surface area contributed by atoms with Crippen LogP contribution in [-0.4, -0.2) is 42.4 Å². The van der Waals surface area contributed by atoms with Gasteiger partial charge in [-0.2, -0.15) is 0 Å². The van der Waals surface area contributed by atoms with Gasteiger partial charge in [0.25, 0.3) is 0 Å². The largest absolute Gasteiger partial charge is 0.492 e. The van der Waals surface area contributed by atoms with Crippen LogP contribution >= 0.6 is 0 Å². The number of rotatable bonds is 5. The summed E-state index contributed by atoms with van der Waals surface area (Å²) in [5.41, 5.74) is 6.41. The maximum atomic E-state index is 9.53. The molecule has 0 aromatic heterocycles. The van der Waals surface area contributed by atoms with Crippen LogP contribution in [0.2, 0.25) is 0 Å². The molecule has 0 aliphatic carbocycles. The Hall–Kier alpha value is -1.26. The fourth-order valence-electron chi connectivity index (χ4n) is 2.36. The molecule has 4 nitrogen and oxygen atoms in total. The van der Waals surface area contributed by atoms with Gasteiger partial charge in [-0.25, -0.2) is 0 Å². The predicted octanol–water partition coefficient (Wildman–Crippen LogP) is 1.35. The highest BCUT2D eigenvalue weighted by molar-refractivity contribution is 5.43. The van der Waals surface area contributed by atoms with Crippen LogP contribution in [0.1, 0.15) is 13.3 Å². The van der Waals surface area contributed by atoms with Crippen molar-refractivity contribution in [2.45, 2.75) is 19.4 Å². The topological polar surface area (TPSA) is 58.7 Å². The highest BCUT2D eigenvalue weighted by Crippen LogP contribution is 2.19. The molecule has 1 saturated heterocycles. The third-order valence-electron chi connectivity index (χ3n) is 3.53. The van der Waals surface area contributed by atoms with E-state index in [2.05, 4.69) is 4.90 Å². The van der Waals surface area contributed by atoms with E-state index in [-0.39, 0.29) is 6.10 Å². The van der Waals surface area contributed by atoms with Crippen molar-refractivity contribution in [3.8, 4) is 5.75 Å². The van der Waals surface area contributed by atoms with Crippen LogP contribution < -0.4 is 10.5 Å². The van der Waals surface area contributed by atoms with E-state index < -0.39 is 0 Å². The van der Waals surface area contributed by atoms with E-state index in [1.165, 1.54) is 0 Å². The summed E-state index contributed by atoms with van der Waals surface area (Å²) in [6, 6.07) is 7.49. The van der Waals surface area contributed by atoms with Crippen LogP contribution in [0, 0.1) is 5.92 Å². The molecule has 0 spiro atoms. The van der Waals surface area contributed by atoms with Crippen LogP contribution in [0.3, 0.4) is 0 Å². The summed E-state index contributed by atoms with van der Waals surface area (Å²) in [5.74, 6) is 1.23. The lowest BCUT2D eigenvalue weighted by Crippen LogP contribution is -2.28. The summed E-state index contributed by atoms with van der Waals surface area (Å²) in [6.07, 6.45) is 0.875. The summed E-state index contributed by atoms with van der Waals surface area (Å²) in [7, 11) is 0. The number of aliphatic hydroxyl groups excluding tert-OH is 1. The highest BCUT2D eigenvalue weighted by Gasteiger charge is 2.25. The SMILES string of the molecule is CC(O)C1CCN(CCOc2cccc(N)c2)C1. The Morgan fingerprint density at radius 1 is 1.56 bits per heavy atom. The first kappa shape index (κ1) is 13.2. The first-order chi connectivity index (χ1) is 8.65. The maximum Gasteiger partial charge on any atom is 0.121 e. The Labute approximate surface area is 108 Å². The molecule has 0 amide bonds. The molecule has 1 fully saturated rings. The zero-order chi connectivity index (χ0) is 13.0. The van der Waals surface area contributed by atoms with E-state index in [0.29, 0.717) is 12.5 Å². The molecule has 1 aliphatic rings. The predicted molar refractivity (Wildman–Crippen MR) is 72.6 cm³/mol. The van der Waals surface area contributed by atoms with Crippen LogP contribution in [0.25, 0.3) is 0 Å². The second-order valence-corrected chi connectivity index (χ2v) is 5.01. The zero-order valence-corrected chi connectivity index (χ0v) is 10.9. The van der Waals surface area contributed by atoms with Crippen molar-refractivity contribution in [1.29, 1.82) is 0 Å². The Kier molecular flexibility index (Phi) is 4.44. The van der Waals surface area contributed by atoms with E-state index in [1.54, 1.807) is 0 Å². The molecule has 3 N–H and O–H groups in total. The Balaban J connectivity index is 1.70. The molecule has 1 aromatic carbocycles. The number of hydrogen-bond donors (Lipinski definition) is 2. The van der Waals surface area contributed by atoms with Crippen molar-refractivity contribution in [1.82, 2.24) is 4.90 Å². The number of hydrogen-bond acceptors (Lipinski definition) is 4. The van der Waals surface area contributed by atoms with E-state index >= 15 is 0 Å². The zero-order valence-electron chi connectivity index (χ0n) is 10.9. The van der Waals surface area contributed by atoms with Gasteiger partial charge in [0.05, 0.1) is 6.10 Å². The van der Waals surface area contributed by atoms with E-state index in [4.69, 9.17) is 10.5 Å². The van der Waals surface area contributed by atoms with Gasteiger partial charge in [0.1, 0.15) is 12.4 Å². The number of nitrogens with two attached hydrogens (primary N) is 1. The van der Waals surface area contributed by atoms with Crippen molar-refractivity contribution in [2.75, 3.05) is 32.0 Å². The lowest BCUT2D eigenvalue weighted by atomic mass is 10.0. The Morgan fingerprint density at radius 3 is 3.06 bits per heavy atom.